The first-order valence-corrected chi connectivity index (χ1v) is 7.02. The molecule has 1 aromatic carbocycles. The van der Waals surface area contributed by atoms with Crippen LogP contribution in [-0.2, 0) is 4.74 Å². The number of ether oxygens (including phenoxy) is 2. The molecule has 130 valence electrons. The van der Waals surface area contributed by atoms with Gasteiger partial charge in [0.15, 0.2) is 11.5 Å². The highest BCUT2D eigenvalue weighted by Crippen LogP contribution is 2.26. The van der Waals surface area contributed by atoms with Gasteiger partial charge in [0.2, 0.25) is 0 Å². The summed E-state index contributed by atoms with van der Waals surface area (Å²) in [6, 6.07) is 4.90. The summed E-state index contributed by atoms with van der Waals surface area (Å²) in [4.78, 5) is 24.3. The zero-order valence-electron chi connectivity index (χ0n) is 13.4. The molecule has 0 aliphatic rings. The maximum absolute atomic E-state index is 14.4. The fraction of sp³-hybridized carbons (Fsp3) is 0.200. The summed E-state index contributed by atoms with van der Waals surface area (Å²) in [6.45, 7) is 1.66. The molecule has 1 heterocycles. The molecule has 10 heteroatoms. The number of hydrogen-bond donors (Lipinski definition) is 2. The molecule has 2 rings (SSSR count). The van der Waals surface area contributed by atoms with Crippen LogP contribution in [0.25, 0.3) is 5.69 Å². The van der Waals surface area contributed by atoms with Gasteiger partial charge in [-0.25, -0.2) is 9.18 Å². The van der Waals surface area contributed by atoms with E-state index in [-0.39, 0.29) is 35.0 Å². The number of rotatable bonds is 5. The number of benzene rings is 1. The molecule has 1 aromatic heterocycles. The molecule has 0 atom stereocenters. The molecule has 0 spiro atoms. The number of hydrogen-bond acceptors (Lipinski definition) is 8. The van der Waals surface area contributed by atoms with Crippen LogP contribution >= 0.6 is 0 Å². The van der Waals surface area contributed by atoms with Crippen LogP contribution in [0.15, 0.2) is 23.0 Å². The maximum Gasteiger partial charge on any atom is 0.361 e. The van der Waals surface area contributed by atoms with E-state index < -0.39 is 17.3 Å². The number of esters is 1. The number of halogens is 1. The first-order valence-electron chi connectivity index (χ1n) is 7.02. The summed E-state index contributed by atoms with van der Waals surface area (Å²) in [5.41, 5.74) is 0.660. The Morgan fingerprint density at radius 1 is 1.48 bits per heavy atom. The van der Waals surface area contributed by atoms with Crippen LogP contribution in [0.3, 0.4) is 0 Å². The van der Waals surface area contributed by atoms with Crippen molar-refractivity contribution in [2.75, 3.05) is 19.1 Å². The Labute approximate surface area is 141 Å². The van der Waals surface area contributed by atoms with Gasteiger partial charge in [0, 0.05) is 12.1 Å². The van der Waals surface area contributed by atoms with Crippen molar-refractivity contribution in [1.29, 1.82) is 5.26 Å². The lowest BCUT2D eigenvalue weighted by atomic mass is 10.2. The maximum atomic E-state index is 14.4. The molecule has 0 amide bonds. The zero-order valence-corrected chi connectivity index (χ0v) is 13.4. The molecule has 0 aliphatic carbocycles. The van der Waals surface area contributed by atoms with Crippen molar-refractivity contribution >= 4 is 11.7 Å². The van der Waals surface area contributed by atoms with Gasteiger partial charge < -0.3 is 14.9 Å². The van der Waals surface area contributed by atoms with Gasteiger partial charge in [-0.15, -0.1) is 0 Å². The minimum Gasteiger partial charge on any atom is -0.494 e. The Kier molecular flexibility index (Phi) is 5.31. The van der Waals surface area contributed by atoms with Crippen LogP contribution in [0, 0.1) is 17.1 Å². The van der Waals surface area contributed by atoms with Crippen molar-refractivity contribution in [2.24, 2.45) is 5.84 Å². The average molecular weight is 347 g/mol. The van der Waals surface area contributed by atoms with Crippen molar-refractivity contribution in [3.63, 3.8) is 0 Å². The van der Waals surface area contributed by atoms with E-state index in [0.29, 0.717) is 4.68 Å². The molecular weight excluding hydrogens is 333 g/mol. The summed E-state index contributed by atoms with van der Waals surface area (Å²) >= 11 is 0. The van der Waals surface area contributed by atoms with Crippen LogP contribution in [0.2, 0.25) is 0 Å². The second-order valence-corrected chi connectivity index (χ2v) is 4.64. The van der Waals surface area contributed by atoms with Crippen LogP contribution in [-0.4, -0.2) is 29.5 Å². The first-order chi connectivity index (χ1) is 12.0. The standard InChI is InChI=1S/C15H14FN5O4/c1-3-25-15(23)13-10(19-18)6-12(22)21(20-13)14-9(16)4-8(7-17)5-11(14)24-2/h4-6,19H,3,18H2,1-2H3. The third-order valence-corrected chi connectivity index (χ3v) is 3.15. The van der Waals surface area contributed by atoms with E-state index in [1.54, 1.807) is 13.0 Å². The molecule has 25 heavy (non-hydrogen) atoms. The lowest BCUT2D eigenvalue weighted by molar-refractivity contribution is 0.0518. The van der Waals surface area contributed by atoms with E-state index in [4.69, 9.17) is 20.6 Å². The highest BCUT2D eigenvalue weighted by atomic mass is 19.1. The lowest BCUT2D eigenvalue weighted by Crippen LogP contribution is -2.28. The van der Waals surface area contributed by atoms with Crippen molar-refractivity contribution < 1.29 is 18.7 Å². The van der Waals surface area contributed by atoms with Crippen LogP contribution < -0.4 is 21.6 Å². The Hall–Kier alpha value is -3.45. The Balaban J connectivity index is 2.76. The molecular formula is C15H14FN5O4. The van der Waals surface area contributed by atoms with Crippen LogP contribution in [0.4, 0.5) is 10.1 Å². The predicted octanol–water partition coefficient (Wildman–Crippen LogP) is 0.714. The number of nitriles is 1. The molecule has 9 nitrogen and oxygen atoms in total. The van der Waals surface area contributed by atoms with Crippen molar-refractivity contribution in [3.05, 3.63) is 45.6 Å². The number of nitrogens with two attached hydrogens (primary N) is 1. The van der Waals surface area contributed by atoms with Crippen molar-refractivity contribution in [1.82, 2.24) is 9.78 Å². The summed E-state index contributed by atoms with van der Waals surface area (Å²) in [5.74, 6) is 3.41. The van der Waals surface area contributed by atoms with Gasteiger partial charge in [-0.3, -0.25) is 10.6 Å². The molecule has 0 aliphatic heterocycles. The smallest absolute Gasteiger partial charge is 0.361 e. The molecule has 0 bridgehead atoms. The molecule has 0 radical (unpaired) electrons. The highest BCUT2D eigenvalue weighted by molar-refractivity contribution is 5.93. The van der Waals surface area contributed by atoms with Gasteiger partial charge in [-0.1, -0.05) is 0 Å². The Morgan fingerprint density at radius 3 is 2.76 bits per heavy atom. The second-order valence-electron chi connectivity index (χ2n) is 4.64. The van der Waals surface area contributed by atoms with Gasteiger partial charge in [0.05, 0.1) is 31.0 Å². The lowest BCUT2D eigenvalue weighted by Gasteiger charge is -2.14. The summed E-state index contributed by atoms with van der Waals surface area (Å²) in [6.07, 6.45) is 0. The number of methoxy groups -OCH3 is 1. The van der Waals surface area contributed by atoms with Crippen LogP contribution in [0.5, 0.6) is 5.75 Å². The minimum absolute atomic E-state index is 0.00277. The third-order valence-electron chi connectivity index (χ3n) is 3.15. The zero-order chi connectivity index (χ0) is 18.6. The minimum atomic E-state index is -0.922. The SMILES string of the molecule is CCOC(=O)c1nn(-c2c(F)cc(C#N)cc2OC)c(=O)cc1NN. The second kappa shape index (κ2) is 7.41. The molecule has 0 unspecified atom stereocenters. The van der Waals surface area contributed by atoms with Gasteiger partial charge in [-0.2, -0.15) is 15.0 Å². The normalized spacial score (nSPS) is 10.0. The van der Waals surface area contributed by atoms with Gasteiger partial charge >= 0.3 is 5.97 Å². The Bertz CT molecular complexity index is 919. The number of hydrazine groups is 1. The average Bonchev–Trinajstić information content (AvgIpc) is 2.61. The number of nitrogens with zero attached hydrogens (tertiary/aromatic N) is 3. The van der Waals surface area contributed by atoms with Gasteiger partial charge in [0.25, 0.3) is 5.56 Å². The number of anilines is 1. The van der Waals surface area contributed by atoms with Crippen molar-refractivity contribution in [2.45, 2.75) is 6.92 Å². The monoisotopic (exact) mass is 347 g/mol. The molecule has 2 aromatic rings. The summed E-state index contributed by atoms with van der Waals surface area (Å²) in [5, 5.41) is 12.7. The largest absolute Gasteiger partial charge is 0.494 e. The summed E-state index contributed by atoms with van der Waals surface area (Å²) in [7, 11) is 1.24. The Morgan fingerprint density at radius 2 is 2.20 bits per heavy atom. The topological polar surface area (TPSA) is 132 Å². The van der Waals surface area contributed by atoms with Gasteiger partial charge in [-0.05, 0) is 13.0 Å². The number of carbonyl (C=O) groups is 1. The van der Waals surface area contributed by atoms with E-state index in [2.05, 4.69) is 10.5 Å². The first kappa shape index (κ1) is 17.9. The highest BCUT2D eigenvalue weighted by Gasteiger charge is 2.22. The van der Waals surface area contributed by atoms with Crippen molar-refractivity contribution in [3.8, 4) is 17.5 Å². The quantitative estimate of drug-likeness (QED) is 0.459. The number of nitrogen functional groups attached to an aromatic ring is 1. The van der Waals surface area contributed by atoms with E-state index in [1.165, 1.54) is 13.2 Å². The number of carbonyl (C=O) groups excluding carboxylic acids is 1. The molecule has 3 N–H and O–H groups in total. The fourth-order valence-corrected chi connectivity index (χ4v) is 2.08. The summed E-state index contributed by atoms with van der Waals surface area (Å²) < 4.78 is 24.9. The molecule has 0 saturated heterocycles. The third kappa shape index (κ3) is 3.41. The van der Waals surface area contributed by atoms with E-state index in [9.17, 15) is 14.0 Å². The van der Waals surface area contributed by atoms with E-state index in [0.717, 1.165) is 12.1 Å². The molecule has 0 fully saturated rings. The molecule has 0 saturated carbocycles. The van der Waals surface area contributed by atoms with E-state index in [1.807, 2.05) is 0 Å². The number of aromatic nitrogens is 2. The number of nitrogens with one attached hydrogen (secondary N) is 1. The van der Waals surface area contributed by atoms with Crippen LogP contribution in [0.1, 0.15) is 23.0 Å². The predicted molar refractivity (Wildman–Crippen MR) is 84.8 cm³/mol. The fourth-order valence-electron chi connectivity index (χ4n) is 2.08. The van der Waals surface area contributed by atoms with Gasteiger partial charge in [0.1, 0.15) is 11.4 Å². The van der Waals surface area contributed by atoms with E-state index >= 15 is 0 Å².